The Bertz CT molecular complexity index is 1850. The van der Waals surface area contributed by atoms with Crippen LogP contribution < -0.4 is 0 Å². The van der Waals surface area contributed by atoms with Crippen molar-refractivity contribution in [2.75, 3.05) is 39.6 Å². The lowest BCUT2D eigenvalue weighted by Crippen LogP contribution is -2.30. The normalized spacial score (nSPS) is 14.4. The van der Waals surface area contributed by atoms with Gasteiger partial charge in [-0.1, -0.05) is 325 Å². The van der Waals surface area contributed by atoms with Gasteiger partial charge in [-0.3, -0.25) is 37.3 Å². The zero-order valence-electron chi connectivity index (χ0n) is 61.6. The second-order valence-corrected chi connectivity index (χ2v) is 31.6. The van der Waals surface area contributed by atoms with Crippen LogP contribution in [-0.4, -0.2) is 96.7 Å². The second kappa shape index (κ2) is 64.4. The number of esters is 4. The summed E-state index contributed by atoms with van der Waals surface area (Å²) in [6.07, 6.45) is 48.5. The number of carbonyl (C=O) groups excluding carboxylic acids is 4. The lowest BCUT2D eigenvalue weighted by atomic mass is 9.99. The molecule has 0 fully saturated rings. The highest BCUT2D eigenvalue weighted by Crippen LogP contribution is 2.45. The van der Waals surface area contributed by atoms with E-state index >= 15 is 0 Å². The van der Waals surface area contributed by atoms with Gasteiger partial charge in [0.1, 0.15) is 19.3 Å². The van der Waals surface area contributed by atoms with Crippen molar-refractivity contribution in [2.45, 2.75) is 395 Å². The number of aliphatic hydroxyl groups excluding tert-OH is 1. The maximum Gasteiger partial charge on any atom is 0.472 e. The van der Waals surface area contributed by atoms with Crippen LogP contribution in [0.25, 0.3) is 0 Å². The van der Waals surface area contributed by atoms with E-state index in [2.05, 4.69) is 55.4 Å². The van der Waals surface area contributed by atoms with Crippen molar-refractivity contribution in [3.63, 3.8) is 0 Å². The number of unbranched alkanes of at least 4 members (excludes halogenated alkanes) is 37. The predicted octanol–water partition coefficient (Wildman–Crippen LogP) is 21.7. The van der Waals surface area contributed by atoms with Crippen LogP contribution in [0, 0.1) is 23.7 Å². The number of carbonyl (C=O) groups is 4. The monoisotopic (exact) mass is 1380 g/mol. The summed E-state index contributed by atoms with van der Waals surface area (Å²) in [6.45, 7) is 14.2. The summed E-state index contributed by atoms with van der Waals surface area (Å²) in [4.78, 5) is 72.8. The van der Waals surface area contributed by atoms with E-state index in [0.29, 0.717) is 31.6 Å². The van der Waals surface area contributed by atoms with Gasteiger partial charge in [0.05, 0.1) is 26.4 Å². The Morgan fingerprint density at radius 2 is 0.511 bits per heavy atom. The maximum atomic E-state index is 13.1. The Morgan fingerprint density at radius 3 is 0.755 bits per heavy atom. The number of rotatable bonds is 72. The maximum absolute atomic E-state index is 13.1. The van der Waals surface area contributed by atoms with Crippen LogP contribution in [0.5, 0.6) is 0 Å². The molecule has 0 aromatic carbocycles. The van der Waals surface area contributed by atoms with Gasteiger partial charge in [0.2, 0.25) is 0 Å². The van der Waals surface area contributed by atoms with Crippen LogP contribution in [0.15, 0.2) is 0 Å². The van der Waals surface area contributed by atoms with Gasteiger partial charge in [-0.05, 0) is 49.4 Å². The Kier molecular flexibility index (Phi) is 63.1. The summed E-state index contributed by atoms with van der Waals surface area (Å²) < 4.78 is 68.5. The molecule has 0 rings (SSSR count). The molecule has 0 saturated heterocycles. The fraction of sp³-hybridized carbons (Fsp3) is 0.947. The van der Waals surface area contributed by atoms with Crippen molar-refractivity contribution in [3.05, 3.63) is 0 Å². The van der Waals surface area contributed by atoms with Gasteiger partial charge in [-0.15, -0.1) is 0 Å². The largest absolute Gasteiger partial charge is 0.472 e. The fourth-order valence-corrected chi connectivity index (χ4v) is 12.9. The second-order valence-electron chi connectivity index (χ2n) is 28.7. The smallest absolute Gasteiger partial charge is 0.462 e. The summed E-state index contributed by atoms with van der Waals surface area (Å²) in [6, 6.07) is 0. The van der Waals surface area contributed by atoms with Crippen LogP contribution in [0.3, 0.4) is 0 Å². The van der Waals surface area contributed by atoms with Crippen molar-refractivity contribution < 1.29 is 80.2 Å². The van der Waals surface area contributed by atoms with Crippen molar-refractivity contribution >= 4 is 39.5 Å². The zero-order valence-corrected chi connectivity index (χ0v) is 63.4. The summed E-state index contributed by atoms with van der Waals surface area (Å²) >= 11 is 0. The van der Waals surface area contributed by atoms with E-state index in [0.717, 1.165) is 114 Å². The van der Waals surface area contributed by atoms with Crippen molar-refractivity contribution in [1.82, 2.24) is 0 Å². The predicted molar refractivity (Wildman–Crippen MR) is 381 cm³/mol. The van der Waals surface area contributed by atoms with Gasteiger partial charge < -0.3 is 33.8 Å². The first kappa shape index (κ1) is 92.1. The Morgan fingerprint density at radius 1 is 0.298 bits per heavy atom. The molecule has 4 unspecified atom stereocenters. The molecule has 0 aromatic rings. The van der Waals surface area contributed by atoms with Crippen molar-refractivity contribution in [2.24, 2.45) is 23.7 Å². The van der Waals surface area contributed by atoms with E-state index in [4.69, 9.17) is 37.0 Å². The molecule has 0 aliphatic heterocycles. The Balaban J connectivity index is 5.27. The van der Waals surface area contributed by atoms with E-state index in [1.807, 2.05) is 0 Å². The van der Waals surface area contributed by atoms with E-state index in [1.54, 1.807) is 0 Å². The first-order valence-corrected chi connectivity index (χ1v) is 41.7. The molecule has 0 radical (unpaired) electrons. The average Bonchev–Trinajstić information content (AvgIpc) is 1.50. The topological polar surface area (TPSA) is 237 Å². The van der Waals surface area contributed by atoms with Crippen LogP contribution in [0.4, 0.5) is 0 Å². The molecule has 0 bridgehead atoms. The van der Waals surface area contributed by atoms with Gasteiger partial charge >= 0.3 is 39.5 Å². The van der Waals surface area contributed by atoms with Gasteiger partial charge in [0.15, 0.2) is 12.2 Å². The average molecular weight is 1380 g/mol. The van der Waals surface area contributed by atoms with E-state index < -0.39 is 97.5 Å². The molecule has 0 aliphatic rings. The number of phosphoric ester groups is 2. The van der Waals surface area contributed by atoms with Gasteiger partial charge in [0.25, 0.3) is 0 Å². The molecule has 94 heavy (non-hydrogen) atoms. The van der Waals surface area contributed by atoms with Gasteiger partial charge in [0, 0.05) is 25.7 Å². The molecule has 19 heteroatoms. The minimum absolute atomic E-state index is 0.105. The molecule has 0 aliphatic carbocycles. The number of aliphatic hydroxyl groups is 1. The molecule has 0 aromatic heterocycles. The molecule has 0 amide bonds. The standard InChI is InChI=1S/C75H146O17P2/c1-9-68(8)54-46-38-30-22-18-19-25-33-42-50-58-75(80)92-71(62-86-73(78)56-48-40-34-26-29-37-45-53-67(6)7)64-90-94(83,84)88-60-69(76)59-87-93(81,82)89-63-70(61-85-72(77)55-47-39-31-23-17-13-15-21-28-36-44-52-66(4)5)91-74(79)57-49-41-32-24-16-12-10-11-14-20-27-35-43-51-65(2)3/h65-71,76H,9-64H2,1-8H3,(H,81,82)(H,83,84)/t68?,69?,70-,71-/m1/s1. The Labute approximate surface area is 575 Å². The highest BCUT2D eigenvalue weighted by atomic mass is 31.2. The molecule has 6 atom stereocenters. The molecule has 0 saturated carbocycles. The third-order valence-electron chi connectivity index (χ3n) is 17.7. The first-order valence-electron chi connectivity index (χ1n) is 38.7. The lowest BCUT2D eigenvalue weighted by Gasteiger charge is -2.21. The Hall–Kier alpha value is -1.94. The van der Waals surface area contributed by atoms with Gasteiger partial charge in [-0.2, -0.15) is 0 Å². The molecule has 558 valence electrons. The van der Waals surface area contributed by atoms with Crippen LogP contribution in [-0.2, 0) is 65.4 Å². The van der Waals surface area contributed by atoms with Crippen LogP contribution >= 0.6 is 15.6 Å². The molecular formula is C75H146O17P2. The summed E-state index contributed by atoms with van der Waals surface area (Å²) in [5, 5.41) is 10.6. The number of hydrogen-bond donors (Lipinski definition) is 3. The summed E-state index contributed by atoms with van der Waals surface area (Å²) in [5.74, 6) is 0.943. The molecule has 17 nitrogen and oxygen atoms in total. The number of phosphoric acid groups is 2. The number of hydrogen-bond acceptors (Lipinski definition) is 15. The molecule has 0 spiro atoms. The van der Waals surface area contributed by atoms with Gasteiger partial charge in [-0.25, -0.2) is 9.13 Å². The van der Waals surface area contributed by atoms with E-state index in [9.17, 15) is 43.2 Å². The molecular weight excluding hydrogens is 1230 g/mol. The minimum Gasteiger partial charge on any atom is -0.462 e. The summed E-state index contributed by atoms with van der Waals surface area (Å²) in [5.41, 5.74) is 0. The van der Waals surface area contributed by atoms with Crippen LogP contribution in [0.2, 0.25) is 0 Å². The third kappa shape index (κ3) is 67.3. The van der Waals surface area contributed by atoms with E-state index in [1.165, 1.54) is 173 Å². The number of ether oxygens (including phenoxy) is 4. The van der Waals surface area contributed by atoms with Crippen molar-refractivity contribution in [1.29, 1.82) is 0 Å². The molecule has 3 N–H and O–H groups in total. The summed E-state index contributed by atoms with van der Waals surface area (Å²) in [7, 11) is -9.91. The van der Waals surface area contributed by atoms with Crippen molar-refractivity contribution in [3.8, 4) is 0 Å². The minimum atomic E-state index is -4.96. The third-order valence-corrected chi connectivity index (χ3v) is 19.6. The first-order chi connectivity index (χ1) is 45.1. The molecule has 0 heterocycles. The van der Waals surface area contributed by atoms with Crippen LogP contribution in [0.1, 0.15) is 376 Å². The quantitative estimate of drug-likeness (QED) is 0.0222. The lowest BCUT2D eigenvalue weighted by molar-refractivity contribution is -0.161. The van der Waals surface area contributed by atoms with E-state index in [-0.39, 0.29) is 25.7 Å². The highest BCUT2D eigenvalue weighted by Gasteiger charge is 2.30. The SMILES string of the molecule is CCC(C)CCCCCCCCCCCCC(=O)O[C@H](COC(=O)CCCCCCCCCC(C)C)COP(=O)(O)OCC(O)COP(=O)(O)OC[C@@H](COC(=O)CCCCCCCCCCCCCC(C)C)OC(=O)CCCCCCCCCCCCCCCC(C)C. The zero-order chi connectivity index (χ0) is 69.6. The fourth-order valence-electron chi connectivity index (χ4n) is 11.3. The highest BCUT2D eigenvalue weighted by molar-refractivity contribution is 7.47.